The molecule has 120 valence electrons. The molecule has 0 saturated carbocycles. The summed E-state index contributed by atoms with van der Waals surface area (Å²) in [5.41, 5.74) is 3.34. The van der Waals surface area contributed by atoms with Crippen molar-refractivity contribution >= 4 is 41.4 Å². The van der Waals surface area contributed by atoms with Crippen molar-refractivity contribution in [3.05, 3.63) is 30.3 Å². The second-order valence-corrected chi connectivity index (χ2v) is 4.18. The molecule has 0 aromatic heterocycles. The van der Waals surface area contributed by atoms with Gasteiger partial charge in [0.2, 0.25) is 0 Å². The van der Waals surface area contributed by atoms with Crippen molar-refractivity contribution < 1.29 is 23.7 Å². The molecule has 1 N–H and O–H groups in total. The fourth-order valence-electron chi connectivity index (χ4n) is 1.94. The Morgan fingerprint density at radius 3 is 2.19 bits per heavy atom. The molecule has 2 radical (unpaired) electrons. The summed E-state index contributed by atoms with van der Waals surface area (Å²) in [4.78, 5) is 23.8. The predicted molar refractivity (Wildman–Crippen MR) is 81.1 cm³/mol. The molecule has 1 atom stereocenters. The van der Waals surface area contributed by atoms with Gasteiger partial charge in [0.1, 0.15) is 5.92 Å². The van der Waals surface area contributed by atoms with Crippen molar-refractivity contribution in [2.75, 3.05) is 5.01 Å². The van der Waals surface area contributed by atoms with Gasteiger partial charge in [-0.2, -0.15) is 0 Å². The number of anilines is 1. The van der Waals surface area contributed by atoms with E-state index in [-0.39, 0.29) is 49.8 Å². The normalized spacial score (nSPS) is 15.9. The van der Waals surface area contributed by atoms with E-state index in [9.17, 15) is 9.59 Å². The summed E-state index contributed by atoms with van der Waals surface area (Å²) < 4.78 is 0. The summed E-state index contributed by atoms with van der Waals surface area (Å²) in [6.45, 7) is 2.05. The third kappa shape index (κ3) is 5.56. The van der Waals surface area contributed by atoms with Crippen LogP contribution in [-0.2, 0) is 9.59 Å². The zero-order chi connectivity index (χ0) is 12.3. The Morgan fingerprint density at radius 2 is 1.67 bits per heavy atom. The van der Waals surface area contributed by atoms with Gasteiger partial charge in [0.05, 0.1) is 5.69 Å². The van der Waals surface area contributed by atoms with E-state index in [0.717, 1.165) is 12.8 Å². The molecular formula is C13H21F3N2O2Sn. The van der Waals surface area contributed by atoms with E-state index in [4.69, 9.17) is 0 Å². The maximum absolute atomic E-state index is 12.1. The fourth-order valence-corrected chi connectivity index (χ4v) is 1.94. The number of halogens is 3. The van der Waals surface area contributed by atoms with Crippen molar-refractivity contribution in [2.45, 2.75) is 26.2 Å². The van der Waals surface area contributed by atoms with E-state index < -0.39 is 5.92 Å². The first-order chi connectivity index (χ1) is 8.24. The van der Waals surface area contributed by atoms with Crippen molar-refractivity contribution in [2.24, 2.45) is 5.92 Å². The number of hydrazine groups is 1. The van der Waals surface area contributed by atoms with Crippen LogP contribution in [0.3, 0.4) is 0 Å². The van der Waals surface area contributed by atoms with E-state index in [1.807, 2.05) is 25.1 Å². The fraction of sp³-hybridized carbons (Fsp3) is 0.385. The van der Waals surface area contributed by atoms with E-state index in [0.29, 0.717) is 12.1 Å². The number of hydrogen-bond acceptors (Lipinski definition) is 2. The van der Waals surface area contributed by atoms with Gasteiger partial charge in [0.15, 0.2) is 0 Å². The van der Waals surface area contributed by atoms with Crippen LogP contribution in [0.4, 0.5) is 19.8 Å². The molecule has 1 saturated heterocycles. The van der Waals surface area contributed by atoms with Gasteiger partial charge in [-0.3, -0.25) is 29.1 Å². The van der Waals surface area contributed by atoms with Crippen LogP contribution >= 0.6 is 0 Å². The molecule has 4 nitrogen and oxygen atoms in total. The Bertz CT molecular complexity index is 435. The molecule has 2 amide bonds. The van der Waals surface area contributed by atoms with Gasteiger partial charge in [-0.05, 0) is 18.6 Å². The number of amides is 2. The first-order valence-electron chi connectivity index (χ1n) is 5.93. The second-order valence-electron chi connectivity index (χ2n) is 4.18. The monoisotopic (exact) mass is 414 g/mol. The molecule has 21 heavy (non-hydrogen) atoms. The molecule has 0 aliphatic carbocycles. The Kier molecular flexibility index (Phi) is 13.4. The van der Waals surface area contributed by atoms with E-state index in [1.54, 1.807) is 12.1 Å². The van der Waals surface area contributed by atoms with Crippen LogP contribution in [-0.4, -0.2) is 35.7 Å². The standard InChI is InChI=1S/C13H16N2O2.3FH.Sn.2H/c1-2-3-9-11-12(16)14-15(13(11)17)10-7-5-4-6-8-10;;;;;;/h4-8,11H,2-3,9H2,1H3,(H,14,16);3*1H;;;. The number of nitrogens with zero attached hydrogens (tertiary/aromatic N) is 1. The summed E-state index contributed by atoms with van der Waals surface area (Å²) in [6, 6.07) is 9.17. The molecule has 1 unspecified atom stereocenters. The molecule has 0 spiro atoms. The zero-order valence-corrected chi connectivity index (χ0v) is 15.8. The number of carbonyl (C=O) groups excluding carboxylic acids is 2. The molecule has 2 rings (SSSR count). The molecule has 1 fully saturated rings. The molecule has 1 aliphatic rings. The summed E-state index contributed by atoms with van der Waals surface area (Å²) in [5.74, 6) is -0.850. The molecule has 1 aromatic rings. The van der Waals surface area contributed by atoms with Crippen LogP contribution in [0.15, 0.2) is 30.3 Å². The van der Waals surface area contributed by atoms with Crippen LogP contribution in [0.5, 0.6) is 0 Å². The predicted octanol–water partition coefficient (Wildman–Crippen LogP) is 1.41. The van der Waals surface area contributed by atoms with E-state index >= 15 is 0 Å². The third-order valence-electron chi connectivity index (χ3n) is 2.92. The van der Waals surface area contributed by atoms with Gasteiger partial charge in [0.25, 0.3) is 11.8 Å². The summed E-state index contributed by atoms with van der Waals surface area (Å²) >= 11 is 0. The number of hydrogen-bond donors (Lipinski definition) is 1. The Hall–Kier alpha value is -1.25. The van der Waals surface area contributed by atoms with Crippen LogP contribution in [0, 0.1) is 5.92 Å². The number of unbranched alkanes of at least 4 members (excludes halogenated alkanes) is 1. The molecule has 1 aliphatic heterocycles. The van der Waals surface area contributed by atoms with Crippen molar-refractivity contribution in [1.82, 2.24) is 5.43 Å². The topological polar surface area (TPSA) is 49.4 Å². The summed E-state index contributed by atoms with van der Waals surface area (Å²) in [7, 11) is 0. The second kappa shape index (κ2) is 11.4. The summed E-state index contributed by atoms with van der Waals surface area (Å²) in [5, 5.41) is 1.35. The number of carbonyl (C=O) groups is 2. The molecule has 1 aromatic carbocycles. The first-order valence-corrected chi connectivity index (χ1v) is 5.93. The van der Waals surface area contributed by atoms with Crippen LogP contribution in [0.25, 0.3) is 0 Å². The van der Waals surface area contributed by atoms with Gasteiger partial charge < -0.3 is 0 Å². The minimum absolute atomic E-state index is 0. The zero-order valence-electron chi connectivity index (χ0n) is 11.8. The van der Waals surface area contributed by atoms with E-state index in [1.165, 1.54) is 5.01 Å². The Morgan fingerprint density at radius 1 is 1.10 bits per heavy atom. The van der Waals surface area contributed by atoms with Crippen LogP contribution in [0.2, 0.25) is 0 Å². The molecule has 8 heteroatoms. The quantitative estimate of drug-likeness (QED) is 0.600. The van der Waals surface area contributed by atoms with Gasteiger partial charge >= 0.3 is 23.9 Å². The van der Waals surface area contributed by atoms with Crippen molar-refractivity contribution in [3.8, 4) is 0 Å². The van der Waals surface area contributed by atoms with Crippen LogP contribution in [0.1, 0.15) is 26.2 Å². The van der Waals surface area contributed by atoms with Gasteiger partial charge in [-0.25, -0.2) is 5.01 Å². The Labute approximate surface area is 138 Å². The number of rotatable bonds is 4. The SMILES string of the molecule is CCCCC1C(=O)NN(c2ccccc2)C1=O.F.F.F.[SnH2]. The summed E-state index contributed by atoms with van der Waals surface area (Å²) in [6.07, 6.45) is 2.51. The number of nitrogens with one attached hydrogen (secondary N) is 1. The average molecular weight is 413 g/mol. The van der Waals surface area contributed by atoms with Gasteiger partial charge in [-0.1, -0.05) is 38.0 Å². The van der Waals surface area contributed by atoms with Gasteiger partial charge in [0, 0.05) is 0 Å². The number of benzene rings is 1. The van der Waals surface area contributed by atoms with Crippen molar-refractivity contribution in [3.63, 3.8) is 0 Å². The molecule has 0 bridgehead atoms. The van der Waals surface area contributed by atoms with E-state index in [2.05, 4.69) is 5.43 Å². The molecule has 1 heterocycles. The average Bonchev–Trinajstić information content (AvgIpc) is 2.64. The van der Waals surface area contributed by atoms with Crippen molar-refractivity contribution in [1.29, 1.82) is 0 Å². The number of para-hydroxylation sites is 1. The minimum atomic E-state index is -0.518. The van der Waals surface area contributed by atoms with Crippen LogP contribution < -0.4 is 10.4 Å². The molecular weight excluding hydrogens is 392 g/mol. The first kappa shape index (κ1) is 24.7. The van der Waals surface area contributed by atoms with Gasteiger partial charge in [-0.15, -0.1) is 0 Å². The maximum atomic E-state index is 12.1. The Balaban J connectivity index is -0.000000810. The third-order valence-corrected chi connectivity index (χ3v) is 2.92.